The molecule has 0 aliphatic carbocycles. The van der Waals surface area contributed by atoms with E-state index in [2.05, 4.69) is 5.32 Å². The number of hydrogen-bond donors (Lipinski definition) is 2. The maximum absolute atomic E-state index is 13.7. The molecule has 0 heterocycles. The van der Waals surface area contributed by atoms with E-state index in [9.17, 15) is 22.4 Å². The molecule has 7 heteroatoms. The summed E-state index contributed by atoms with van der Waals surface area (Å²) in [5.41, 5.74) is 3.40. The molecular weight excluding hydrogens is 288 g/mol. The van der Waals surface area contributed by atoms with E-state index in [4.69, 9.17) is 5.73 Å². The third-order valence-corrected chi connectivity index (χ3v) is 3.11. The monoisotopic (exact) mass is 306 g/mol. The Kier molecular flexibility index (Phi) is 6.14. The van der Waals surface area contributed by atoms with E-state index < -0.39 is 29.0 Å². The van der Waals surface area contributed by atoms with E-state index in [-0.39, 0.29) is 6.54 Å². The van der Waals surface area contributed by atoms with Gasteiger partial charge in [-0.2, -0.15) is 13.2 Å². The Morgan fingerprint density at radius 2 is 2.05 bits per heavy atom. The van der Waals surface area contributed by atoms with Crippen molar-refractivity contribution in [2.75, 3.05) is 13.1 Å². The minimum absolute atomic E-state index is 0.263. The van der Waals surface area contributed by atoms with Gasteiger partial charge in [-0.25, -0.2) is 4.39 Å². The molecule has 0 aromatic heterocycles. The van der Waals surface area contributed by atoms with Gasteiger partial charge in [-0.05, 0) is 37.4 Å². The van der Waals surface area contributed by atoms with Crippen LogP contribution in [0, 0.1) is 11.7 Å². The van der Waals surface area contributed by atoms with Crippen LogP contribution < -0.4 is 11.1 Å². The molecule has 3 nitrogen and oxygen atoms in total. The maximum Gasteiger partial charge on any atom is 0.419 e. The van der Waals surface area contributed by atoms with Crippen molar-refractivity contribution >= 4 is 5.91 Å². The van der Waals surface area contributed by atoms with Crippen LogP contribution in [0.3, 0.4) is 0 Å². The van der Waals surface area contributed by atoms with Gasteiger partial charge in [0.05, 0.1) is 11.1 Å². The lowest BCUT2D eigenvalue weighted by atomic mass is 10.1. The second-order valence-electron chi connectivity index (χ2n) is 4.90. The molecule has 3 N–H and O–H groups in total. The van der Waals surface area contributed by atoms with Crippen molar-refractivity contribution < 1.29 is 22.4 Å². The molecular formula is C14H18F4N2O. The van der Waals surface area contributed by atoms with E-state index in [0.717, 1.165) is 18.6 Å². The fourth-order valence-electron chi connectivity index (χ4n) is 1.79. The van der Waals surface area contributed by atoms with Gasteiger partial charge in [0.15, 0.2) is 0 Å². The minimum atomic E-state index is -4.82. The van der Waals surface area contributed by atoms with Crippen LogP contribution in [0.25, 0.3) is 0 Å². The molecule has 1 atom stereocenters. The molecule has 0 bridgehead atoms. The van der Waals surface area contributed by atoms with Crippen LogP contribution >= 0.6 is 0 Å². The Morgan fingerprint density at radius 3 is 2.62 bits per heavy atom. The van der Waals surface area contributed by atoms with Crippen LogP contribution in [0.5, 0.6) is 0 Å². The van der Waals surface area contributed by atoms with Crippen molar-refractivity contribution in [3.05, 3.63) is 35.1 Å². The molecule has 1 amide bonds. The molecule has 1 aromatic rings. The van der Waals surface area contributed by atoms with Gasteiger partial charge in [-0.15, -0.1) is 0 Å². The van der Waals surface area contributed by atoms with Crippen molar-refractivity contribution in [3.8, 4) is 0 Å². The zero-order valence-corrected chi connectivity index (χ0v) is 11.6. The number of benzene rings is 1. The summed E-state index contributed by atoms with van der Waals surface area (Å²) >= 11 is 0. The van der Waals surface area contributed by atoms with Crippen molar-refractivity contribution in [2.45, 2.75) is 25.9 Å². The normalized spacial score (nSPS) is 13.0. The number of nitrogens with one attached hydrogen (secondary N) is 1. The molecule has 0 radical (unpaired) electrons. The first-order chi connectivity index (χ1) is 9.77. The van der Waals surface area contributed by atoms with Gasteiger partial charge >= 0.3 is 6.18 Å². The number of hydrogen-bond acceptors (Lipinski definition) is 2. The predicted octanol–water partition coefficient (Wildman–Crippen LogP) is 2.95. The van der Waals surface area contributed by atoms with Gasteiger partial charge in [0.25, 0.3) is 5.91 Å². The van der Waals surface area contributed by atoms with E-state index >= 15 is 0 Å². The quantitative estimate of drug-likeness (QED) is 0.627. The number of nitrogens with two attached hydrogens (primary N) is 1. The number of halogens is 4. The largest absolute Gasteiger partial charge is 0.419 e. The smallest absolute Gasteiger partial charge is 0.352 e. The molecule has 0 spiro atoms. The number of rotatable bonds is 6. The fraction of sp³-hybridized carbons (Fsp3) is 0.500. The van der Waals surface area contributed by atoms with Gasteiger partial charge < -0.3 is 11.1 Å². The summed E-state index contributed by atoms with van der Waals surface area (Å²) in [7, 11) is 0. The highest BCUT2D eigenvalue weighted by Gasteiger charge is 2.35. The van der Waals surface area contributed by atoms with Crippen molar-refractivity contribution in [2.24, 2.45) is 11.7 Å². The Hall–Kier alpha value is -1.63. The zero-order valence-electron chi connectivity index (χ0n) is 11.6. The summed E-state index contributed by atoms with van der Waals surface area (Å²) in [4.78, 5) is 11.7. The Bertz CT molecular complexity index is 488. The van der Waals surface area contributed by atoms with E-state index in [1.165, 1.54) is 0 Å². The molecule has 1 aromatic carbocycles. The number of carbonyl (C=O) groups is 1. The van der Waals surface area contributed by atoms with Gasteiger partial charge in [-0.1, -0.05) is 13.0 Å². The fourth-order valence-corrected chi connectivity index (χ4v) is 1.79. The van der Waals surface area contributed by atoms with E-state index in [0.29, 0.717) is 24.9 Å². The third kappa shape index (κ3) is 5.00. The lowest BCUT2D eigenvalue weighted by Crippen LogP contribution is -2.27. The molecule has 118 valence electrons. The summed E-state index contributed by atoms with van der Waals surface area (Å²) in [6.45, 7) is 2.74. The van der Waals surface area contributed by atoms with Crippen LogP contribution in [0.1, 0.15) is 35.7 Å². The van der Waals surface area contributed by atoms with Crippen molar-refractivity contribution in [1.29, 1.82) is 0 Å². The van der Waals surface area contributed by atoms with Gasteiger partial charge in [0, 0.05) is 6.54 Å². The molecule has 0 saturated heterocycles. The maximum atomic E-state index is 13.7. The molecule has 0 aliphatic rings. The minimum Gasteiger partial charge on any atom is -0.352 e. The van der Waals surface area contributed by atoms with E-state index in [1.54, 1.807) is 0 Å². The molecule has 0 fully saturated rings. The standard InChI is InChI=1S/C14H18F4N2O/c1-9(8-19)4-3-7-20-13(21)10-5-2-6-11(12(10)15)14(16,17)18/h2,5-6,9H,3-4,7-8,19H2,1H3,(H,20,21). The second kappa shape index (κ2) is 7.40. The second-order valence-corrected chi connectivity index (χ2v) is 4.90. The Labute approximate surface area is 120 Å². The first-order valence-corrected chi connectivity index (χ1v) is 6.61. The predicted molar refractivity (Wildman–Crippen MR) is 71.2 cm³/mol. The van der Waals surface area contributed by atoms with Crippen LogP contribution in [-0.2, 0) is 6.18 Å². The van der Waals surface area contributed by atoms with Crippen molar-refractivity contribution in [1.82, 2.24) is 5.32 Å². The van der Waals surface area contributed by atoms with Crippen LogP contribution in [-0.4, -0.2) is 19.0 Å². The highest BCUT2D eigenvalue weighted by Crippen LogP contribution is 2.32. The molecule has 0 saturated carbocycles. The Balaban J connectivity index is 2.67. The Morgan fingerprint density at radius 1 is 1.38 bits per heavy atom. The summed E-state index contributed by atoms with van der Waals surface area (Å²) < 4.78 is 51.3. The van der Waals surface area contributed by atoms with Gasteiger partial charge in [0.1, 0.15) is 5.82 Å². The first-order valence-electron chi connectivity index (χ1n) is 6.61. The van der Waals surface area contributed by atoms with Crippen molar-refractivity contribution in [3.63, 3.8) is 0 Å². The average Bonchev–Trinajstić information content (AvgIpc) is 2.41. The van der Waals surface area contributed by atoms with Crippen LogP contribution in [0.2, 0.25) is 0 Å². The van der Waals surface area contributed by atoms with E-state index in [1.807, 2.05) is 6.92 Å². The zero-order chi connectivity index (χ0) is 16.0. The van der Waals surface area contributed by atoms with Crippen LogP contribution in [0.4, 0.5) is 17.6 Å². The summed E-state index contributed by atoms with van der Waals surface area (Å²) in [5.74, 6) is -2.09. The highest BCUT2D eigenvalue weighted by molar-refractivity contribution is 5.94. The first kappa shape index (κ1) is 17.4. The third-order valence-electron chi connectivity index (χ3n) is 3.11. The summed E-state index contributed by atoms with van der Waals surface area (Å²) in [6.07, 6.45) is -3.41. The number of amides is 1. The van der Waals surface area contributed by atoms with Gasteiger partial charge in [-0.3, -0.25) is 4.79 Å². The summed E-state index contributed by atoms with van der Waals surface area (Å²) in [6, 6.07) is 2.65. The van der Waals surface area contributed by atoms with Crippen LogP contribution in [0.15, 0.2) is 18.2 Å². The molecule has 1 unspecified atom stereocenters. The van der Waals surface area contributed by atoms with Gasteiger partial charge in [0.2, 0.25) is 0 Å². The lowest BCUT2D eigenvalue weighted by molar-refractivity contribution is -0.140. The molecule has 1 rings (SSSR count). The topological polar surface area (TPSA) is 55.1 Å². The number of carbonyl (C=O) groups excluding carboxylic acids is 1. The lowest BCUT2D eigenvalue weighted by Gasteiger charge is -2.12. The SMILES string of the molecule is CC(CN)CCCNC(=O)c1cccc(C(F)(F)F)c1F. The highest BCUT2D eigenvalue weighted by atomic mass is 19.4. The molecule has 0 aliphatic heterocycles. The number of alkyl halides is 3. The average molecular weight is 306 g/mol. The molecule has 21 heavy (non-hydrogen) atoms. The summed E-state index contributed by atoms with van der Waals surface area (Å²) in [5, 5.41) is 2.41.